The van der Waals surface area contributed by atoms with Crippen LogP contribution in [0.1, 0.15) is 44.1 Å². The number of pyridine rings is 1. The molecule has 1 aromatic heterocycles. The monoisotopic (exact) mass is 262 g/mol. The van der Waals surface area contributed by atoms with E-state index < -0.39 is 0 Å². The van der Waals surface area contributed by atoms with Gasteiger partial charge in [-0.25, -0.2) is 4.98 Å². The largest absolute Gasteiger partial charge is 0.409 e. The molecular weight excluding hydrogens is 240 g/mol. The Morgan fingerprint density at radius 1 is 1.37 bits per heavy atom. The first-order valence-electron chi connectivity index (χ1n) is 6.89. The Kier molecular flexibility index (Phi) is 4.60. The average molecular weight is 262 g/mol. The third kappa shape index (κ3) is 3.36. The molecule has 0 unspecified atom stereocenters. The van der Waals surface area contributed by atoms with Gasteiger partial charge in [0.1, 0.15) is 5.82 Å². The maximum absolute atomic E-state index is 8.73. The Labute approximate surface area is 114 Å². The summed E-state index contributed by atoms with van der Waals surface area (Å²) in [6.45, 7) is 0. The minimum Gasteiger partial charge on any atom is -0.409 e. The van der Waals surface area contributed by atoms with Crippen molar-refractivity contribution in [2.45, 2.75) is 44.6 Å². The molecule has 0 aromatic carbocycles. The summed E-state index contributed by atoms with van der Waals surface area (Å²) in [4.78, 5) is 6.62. The van der Waals surface area contributed by atoms with Crippen LogP contribution < -0.4 is 10.6 Å². The molecule has 1 aromatic rings. The van der Waals surface area contributed by atoms with Crippen molar-refractivity contribution in [1.82, 2.24) is 4.98 Å². The summed E-state index contributed by atoms with van der Waals surface area (Å²) in [5.74, 6) is 1.01. The second-order valence-corrected chi connectivity index (χ2v) is 5.14. The Bertz CT molecular complexity index is 439. The molecule has 3 N–H and O–H groups in total. The van der Waals surface area contributed by atoms with Crippen LogP contribution in [0.25, 0.3) is 0 Å². The predicted octanol–water partition coefficient (Wildman–Crippen LogP) is 2.34. The number of anilines is 1. The third-order valence-corrected chi connectivity index (χ3v) is 3.88. The standard InChI is InChI=1S/C14H22N4O/c1-18(12-6-4-2-3-5-7-12)13-10-11(8-9-16-13)14(15)17-19/h8-10,12,19H,2-7H2,1H3,(H2,15,17). The molecule has 0 radical (unpaired) electrons. The van der Waals surface area contributed by atoms with Crippen LogP contribution in [-0.4, -0.2) is 29.1 Å². The molecule has 1 saturated carbocycles. The Morgan fingerprint density at radius 2 is 2.05 bits per heavy atom. The first kappa shape index (κ1) is 13.6. The lowest BCUT2D eigenvalue weighted by Crippen LogP contribution is -2.32. The van der Waals surface area contributed by atoms with Crippen LogP contribution >= 0.6 is 0 Å². The molecule has 104 valence electrons. The number of aromatic nitrogens is 1. The molecule has 2 rings (SSSR count). The third-order valence-electron chi connectivity index (χ3n) is 3.88. The van der Waals surface area contributed by atoms with Gasteiger partial charge in [0, 0.05) is 24.8 Å². The normalized spacial score (nSPS) is 18.1. The number of rotatable bonds is 3. The minimum atomic E-state index is 0.123. The Hall–Kier alpha value is -1.78. The van der Waals surface area contributed by atoms with Gasteiger partial charge in [-0.1, -0.05) is 30.8 Å². The molecule has 0 amide bonds. The zero-order valence-corrected chi connectivity index (χ0v) is 11.4. The van der Waals surface area contributed by atoms with Crippen LogP contribution in [0.3, 0.4) is 0 Å². The topological polar surface area (TPSA) is 74.7 Å². The zero-order chi connectivity index (χ0) is 13.7. The van der Waals surface area contributed by atoms with E-state index >= 15 is 0 Å². The van der Waals surface area contributed by atoms with Crippen molar-refractivity contribution in [1.29, 1.82) is 0 Å². The molecule has 1 fully saturated rings. The number of hydrogen-bond donors (Lipinski definition) is 2. The van der Waals surface area contributed by atoms with E-state index in [0.29, 0.717) is 11.6 Å². The van der Waals surface area contributed by atoms with Crippen molar-refractivity contribution in [2.24, 2.45) is 10.9 Å². The number of nitrogens with zero attached hydrogens (tertiary/aromatic N) is 3. The van der Waals surface area contributed by atoms with E-state index in [0.717, 1.165) is 5.82 Å². The number of nitrogens with two attached hydrogens (primary N) is 1. The van der Waals surface area contributed by atoms with Crippen LogP contribution in [-0.2, 0) is 0 Å². The van der Waals surface area contributed by atoms with Crippen LogP contribution in [0.4, 0.5) is 5.82 Å². The van der Waals surface area contributed by atoms with Gasteiger partial charge in [-0.2, -0.15) is 0 Å². The van der Waals surface area contributed by atoms with Gasteiger partial charge in [-0.3, -0.25) is 0 Å². The van der Waals surface area contributed by atoms with Crippen LogP contribution in [0.2, 0.25) is 0 Å². The van der Waals surface area contributed by atoms with E-state index in [1.165, 1.54) is 38.5 Å². The summed E-state index contributed by atoms with van der Waals surface area (Å²) in [7, 11) is 2.08. The smallest absolute Gasteiger partial charge is 0.170 e. The molecule has 0 bridgehead atoms. The predicted molar refractivity (Wildman–Crippen MR) is 76.6 cm³/mol. The van der Waals surface area contributed by atoms with Crippen LogP contribution in [0.15, 0.2) is 23.5 Å². The SMILES string of the molecule is CN(c1cc(/C(N)=N/O)ccn1)C1CCCCCC1. The molecule has 19 heavy (non-hydrogen) atoms. The second-order valence-electron chi connectivity index (χ2n) is 5.14. The average Bonchev–Trinajstić information content (AvgIpc) is 2.75. The van der Waals surface area contributed by atoms with Gasteiger partial charge >= 0.3 is 0 Å². The van der Waals surface area contributed by atoms with Gasteiger partial charge in [0.15, 0.2) is 5.84 Å². The quantitative estimate of drug-likeness (QED) is 0.288. The minimum absolute atomic E-state index is 0.123. The summed E-state index contributed by atoms with van der Waals surface area (Å²) >= 11 is 0. The maximum Gasteiger partial charge on any atom is 0.170 e. The van der Waals surface area contributed by atoms with E-state index in [9.17, 15) is 0 Å². The highest BCUT2D eigenvalue weighted by Gasteiger charge is 2.18. The van der Waals surface area contributed by atoms with Crippen molar-refractivity contribution in [2.75, 3.05) is 11.9 Å². The molecule has 0 saturated heterocycles. The number of oxime groups is 1. The summed E-state index contributed by atoms with van der Waals surface area (Å²) in [5, 5.41) is 11.8. The van der Waals surface area contributed by atoms with Crippen LogP contribution in [0, 0.1) is 0 Å². The number of hydrogen-bond acceptors (Lipinski definition) is 4. The Morgan fingerprint density at radius 3 is 2.68 bits per heavy atom. The first-order valence-corrected chi connectivity index (χ1v) is 6.89. The summed E-state index contributed by atoms with van der Waals surface area (Å²) in [6.07, 6.45) is 9.38. The zero-order valence-electron chi connectivity index (χ0n) is 11.4. The van der Waals surface area contributed by atoms with Crippen molar-refractivity contribution in [3.8, 4) is 0 Å². The lowest BCUT2D eigenvalue weighted by Gasteiger charge is -2.28. The molecule has 0 atom stereocenters. The summed E-state index contributed by atoms with van der Waals surface area (Å²) < 4.78 is 0. The van der Waals surface area contributed by atoms with Crippen molar-refractivity contribution in [3.05, 3.63) is 23.9 Å². The van der Waals surface area contributed by atoms with Gasteiger partial charge in [0.05, 0.1) is 0 Å². The van der Waals surface area contributed by atoms with E-state index in [1.54, 1.807) is 12.3 Å². The van der Waals surface area contributed by atoms with E-state index in [-0.39, 0.29) is 5.84 Å². The first-order chi connectivity index (χ1) is 9.22. The van der Waals surface area contributed by atoms with Gasteiger partial charge in [0.2, 0.25) is 0 Å². The molecular formula is C14H22N4O. The van der Waals surface area contributed by atoms with Crippen molar-refractivity contribution in [3.63, 3.8) is 0 Å². The molecule has 0 spiro atoms. The van der Waals surface area contributed by atoms with Gasteiger partial charge in [-0.05, 0) is 25.0 Å². The van der Waals surface area contributed by atoms with Crippen molar-refractivity contribution >= 4 is 11.7 Å². The van der Waals surface area contributed by atoms with E-state index in [4.69, 9.17) is 10.9 Å². The molecule has 1 aliphatic rings. The van der Waals surface area contributed by atoms with E-state index in [1.807, 2.05) is 6.07 Å². The molecule has 5 nitrogen and oxygen atoms in total. The molecule has 5 heteroatoms. The summed E-state index contributed by atoms with van der Waals surface area (Å²) in [5.41, 5.74) is 6.32. The van der Waals surface area contributed by atoms with Gasteiger partial charge in [0.25, 0.3) is 0 Å². The fraction of sp³-hybridized carbons (Fsp3) is 0.571. The molecule has 0 aliphatic heterocycles. The van der Waals surface area contributed by atoms with Gasteiger partial charge in [-0.15, -0.1) is 0 Å². The molecule has 1 aliphatic carbocycles. The lowest BCUT2D eigenvalue weighted by molar-refractivity contribution is 0.318. The van der Waals surface area contributed by atoms with Gasteiger partial charge < -0.3 is 15.8 Å². The Balaban J connectivity index is 2.15. The highest BCUT2D eigenvalue weighted by molar-refractivity contribution is 5.97. The lowest BCUT2D eigenvalue weighted by atomic mass is 10.1. The fourth-order valence-electron chi connectivity index (χ4n) is 2.66. The second kappa shape index (κ2) is 6.41. The highest BCUT2D eigenvalue weighted by Crippen LogP contribution is 2.24. The highest BCUT2D eigenvalue weighted by atomic mass is 16.4. The fourth-order valence-corrected chi connectivity index (χ4v) is 2.66. The maximum atomic E-state index is 8.73. The molecule has 1 heterocycles. The number of amidine groups is 1. The van der Waals surface area contributed by atoms with Crippen LogP contribution in [0.5, 0.6) is 0 Å². The van der Waals surface area contributed by atoms with E-state index in [2.05, 4.69) is 22.1 Å². The summed E-state index contributed by atoms with van der Waals surface area (Å²) in [6, 6.07) is 4.16. The van der Waals surface area contributed by atoms with Crippen molar-refractivity contribution < 1.29 is 5.21 Å².